The highest BCUT2D eigenvalue weighted by atomic mass is 32.2. The minimum atomic E-state index is -0.819. The van der Waals surface area contributed by atoms with Crippen LogP contribution in [0.3, 0.4) is 0 Å². The number of anilines is 1. The number of nitrogens with one attached hydrogen (secondary N) is 1. The van der Waals surface area contributed by atoms with Crippen molar-refractivity contribution in [1.82, 2.24) is 0 Å². The summed E-state index contributed by atoms with van der Waals surface area (Å²) in [4.78, 5) is 0.373. The van der Waals surface area contributed by atoms with Crippen LogP contribution in [0.5, 0.6) is 0 Å². The quantitative estimate of drug-likeness (QED) is 0.801. The number of hydrogen-bond donors (Lipinski definition) is 2. The lowest BCUT2D eigenvalue weighted by Crippen LogP contribution is -2.24. The Morgan fingerprint density at radius 1 is 1.59 bits per heavy atom. The van der Waals surface area contributed by atoms with E-state index < -0.39 is 10.8 Å². The molecule has 0 spiro atoms. The van der Waals surface area contributed by atoms with Crippen LogP contribution in [0.4, 0.5) is 5.69 Å². The van der Waals surface area contributed by atoms with Crippen molar-refractivity contribution in [2.24, 2.45) is 5.73 Å². The molecular weight excluding hydrogens is 252 g/mol. The van der Waals surface area contributed by atoms with E-state index in [0.29, 0.717) is 10.7 Å². The molecule has 0 aromatic heterocycles. The second-order valence-electron chi connectivity index (χ2n) is 4.20. The summed E-state index contributed by atoms with van der Waals surface area (Å²) in [6.45, 7) is 4.00. The lowest BCUT2D eigenvalue weighted by atomic mass is 10.1. The summed E-state index contributed by atoms with van der Waals surface area (Å²) in [6.07, 6.45) is 1.70. The molecule has 0 fully saturated rings. The number of nitrogens with two attached hydrogens (primary N) is 1. The van der Waals surface area contributed by atoms with Crippen LogP contribution in [0.25, 0.3) is 0 Å². The number of rotatable bonds is 5. The first-order valence-electron chi connectivity index (χ1n) is 5.37. The highest BCUT2D eigenvalue weighted by Crippen LogP contribution is 2.18. The van der Waals surface area contributed by atoms with E-state index in [2.05, 4.69) is 5.32 Å². The number of hydrogen-bond acceptors (Lipinski definition) is 3. The van der Waals surface area contributed by atoms with Gasteiger partial charge in [0.25, 0.3) is 0 Å². The molecule has 1 aromatic carbocycles. The van der Waals surface area contributed by atoms with Crippen molar-refractivity contribution in [3.05, 3.63) is 29.3 Å². The molecule has 0 saturated heterocycles. The Bertz CT molecular complexity index is 446. The van der Waals surface area contributed by atoms with Crippen molar-refractivity contribution in [1.29, 1.82) is 0 Å². The van der Waals surface area contributed by atoms with Crippen LogP contribution in [0.2, 0.25) is 0 Å². The molecule has 2 unspecified atom stereocenters. The molecule has 1 rings (SSSR count). The zero-order valence-electron chi connectivity index (χ0n) is 10.3. The number of aryl methyl sites for hydroxylation is 1. The minimum Gasteiger partial charge on any atom is -0.389 e. The van der Waals surface area contributed by atoms with E-state index in [1.165, 1.54) is 0 Å². The molecule has 0 aliphatic carbocycles. The molecule has 94 valence electrons. The van der Waals surface area contributed by atoms with Crippen molar-refractivity contribution < 1.29 is 4.21 Å². The average Bonchev–Trinajstić information content (AvgIpc) is 2.15. The molecule has 0 saturated carbocycles. The lowest BCUT2D eigenvalue weighted by Gasteiger charge is -2.17. The van der Waals surface area contributed by atoms with Crippen LogP contribution in [-0.4, -0.2) is 27.2 Å². The normalized spacial score (nSPS) is 14.1. The van der Waals surface area contributed by atoms with Crippen molar-refractivity contribution >= 4 is 33.7 Å². The first-order chi connectivity index (χ1) is 7.90. The van der Waals surface area contributed by atoms with Gasteiger partial charge in [0, 0.05) is 40.1 Å². The standard InChI is InChI=1S/C12H18N2OS2/c1-8-4-5-10(12(13)16)11(6-8)14-9(2)7-17(3)15/h4-6,9,14H,7H2,1-3H3,(H2,13,16). The van der Waals surface area contributed by atoms with Crippen molar-refractivity contribution in [2.75, 3.05) is 17.3 Å². The summed E-state index contributed by atoms with van der Waals surface area (Å²) in [7, 11) is -0.819. The summed E-state index contributed by atoms with van der Waals surface area (Å²) in [6, 6.07) is 6.01. The predicted octanol–water partition coefficient (Wildman–Crippen LogP) is 1.81. The van der Waals surface area contributed by atoms with E-state index in [4.69, 9.17) is 18.0 Å². The molecule has 3 N–H and O–H groups in total. The molecule has 0 bridgehead atoms. The van der Waals surface area contributed by atoms with Gasteiger partial charge in [-0.25, -0.2) is 0 Å². The molecule has 0 heterocycles. The van der Waals surface area contributed by atoms with Gasteiger partial charge in [0.1, 0.15) is 4.99 Å². The Kier molecular flexibility index (Phi) is 5.08. The Hall–Kier alpha value is -0.940. The van der Waals surface area contributed by atoms with Crippen LogP contribution in [0.1, 0.15) is 18.1 Å². The van der Waals surface area contributed by atoms with Gasteiger partial charge < -0.3 is 11.1 Å². The average molecular weight is 270 g/mol. The largest absolute Gasteiger partial charge is 0.389 e. The minimum absolute atomic E-state index is 0.121. The zero-order valence-corrected chi connectivity index (χ0v) is 12.0. The summed E-state index contributed by atoms with van der Waals surface area (Å²) in [5.41, 5.74) is 8.55. The van der Waals surface area contributed by atoms with Gasteiger partial charge in [0.2, 0.25) is 0 Å². The predicted molar refractivity (Wildman–Crippen MR) is 79.1 cm³/mol. The third-order valence-corrected chi connectivity index (χ3v) is 3.52. The van der Waals surface area contributed by atoms with Crippen LogP contribution < -0.4 is 11.1 Å². The fourth-order valence-electron chi connectivity index (χ4n) is 1.65. The summed E-state index contributed by atoms with van der Waals surface area (Å²) >= 11 is 5.01. The molecule has 0 aliphatic heterocycles. The van der Waals surface area contributed by atoms with Gasteiger partial charge >= 0.3 is 0 Å². The fourth-order valence-corrected chi connectivity index (χ4v) is 2.62. The first-order valence-corrected chi connectivity index (χ1v) is 7.50. The van der Waals surface area contributed by atoms with Crippen LogP contribution in [0.15, 0.2) is 18.2 Å². The molecule has 5 heteroatoms. The van der Waals surface area contributed by atoms with Crippen LogP contribution in [-0.2, 0) is 10.8 Å². The van der Waals surface area contributed by atoms with E-state index >= 15 is 0 Å². The van der Waals surface area contributed by atoms with Crippen molar-refractivity contribution in [3.8, 4) is 0 Å². The van der Waals surface area contributed by atoms with E-state index in [1.807, 2.05) is 32.0 Å². The molecule has 0 aliphatic rings. The van der Waals surface area contributed by atoms with Gasteiger partial charge in [-0.1, -0.05) is 18.3 Å². The van der Waals surface area contributed by atoms with E-state index in [0.717, 1.165) is 16.8 Å². The van der Waals surface area contributed by atoms with Gasteiger partial charge in [-0.2, -0.15) is 0 Å². The molecule has 2 atom stereocenters. The highest BCUT2D eigenvalue weighted by Gasteiger charge is 2.09. The Labute approximate surface area is 110 Å². The molecule has 0 radical (unpaired) electrons. The molecule has 17 heavy (non-hydrogen) atoms. The summed E-state index contributed by atoms with van der Waals surface area (Å²) in [5, 5.41) is 3.30. The highest BCUT2D eigenvalue weighted by molar-refractivity contribution is 7.84. The Balaban J connectivity index is 2.92. The topological polar surface area (TPSA) is 55.1 Å². The first kappa shape index (κ1) is 14.1. The monoisotopic (exact) mass is 270 g/mol. The SMILES string of the molecule is Cc1ccc(C(N)=S)c(NC(C)CS(C)=O)c1. The van der Waals surface area contributed by atoms with E-state index in [9.17, 15) is 4.21 Å². The van der Waals surface area contributed by atoms with Crippen molar-refractivity contribution in [3.63, 3.8) is 0 Å². The number of thiocarbonyl (C=S) groups is 1. The van der Waals surface area contributed by atoms with Crippen LogP contribution in [0, 0.1) is 6.92 Å². The Morgan fingerprint density at radius 2 is 2.24 bits per heavy atom. The maximum atomic E-state index is 11.2. The second kappa shape index (κ2) is 6.12. The van der Waals surface area contributed by atoms with Gasteiger partial charge in [0.05, 0.1) is 0 Å². The van der Waals surface area contributed by atoms with Gasteiger partial charge in [-0.05, 0) is 31.5 Å². The lowest BCUT2D eigenvalue weighted by molar-refractivity contribution is 0.683. The Morgan fingerprint density at radius 3 is 2.76 bits per heavy atom. The molecule has 0 amide bonds. The smallest absolute Gasteiger partial charge is 0.106 e. The molecular formula is C12H18N2OS2. The number of benzene rings is 1. The third-order valence-electron chi connectivity index (χ3n) is 2.33. The van der Waals surface area contributed by atoms with E-state index in [-0.39, 0.29) is 6.04 Å². The van der Waals surface area contributed by atoms with Gasteiger partial charge in [-0.3, -0.25) is 4.21 Å². The van der Waals surface area contributed by atoms with E-state index in [1.54, 1.807) is 6.26 Å². The zero-order chi connectivity index (χ0) is 13.0. The van der Waals surface area contributed by atoms with Gasteiger partial charge in [-0.15, -0.1) is 0 Å². The summed E-state index contributed by atoms with van der Waals surface area (Å²) in [5.74, 6) is 0.602. The summed E-state index contributed by atoms with van der Waals surface area (Å²) < 4.78 is 11.2. The maximum Gasteiger partial charge on any atom is 0.106 e. The molecule has 1 aromatic rings. The molecule has 3 nitrogen and oxygen atoms in total. The van der Waals surface area contributed by atoms with Gasteiger partial charge in [0.15, 0.2) is 0 Å². The maximum absolute atomic E-state index is 11.2. The second-order valence-corrected chi connectivity index (χ2v) is 6.12. The third kappa shape index (κ3) is 4.44. The van der Waals surface area contributed by atoms with Crippen molar-refractivity contribution in [2.45, 2.75) is 19.9 Å². The van der Waals surface area contributed by atoms with Crippen LogP contribution >= 0.6 is 12.2 Å². The fraction of sp³-hybridized carbons (Fsp3) is 0.417.